The summed E-state index contributed by atoms with van der Waals surface area (Å²) < 4.78 is 0. The molecular weight excluding hydrogens is 206 g/mol. The number of allylic oxidation sites excluding steroid dienone is 1. The van der Waals surface area contributed by atoms with Crippen LogP contribution < -0.4 is 0 Å². The van der Waals surface area contributed by atoms with Gasteiger partial charge in [-0.25, -0.2) is 0 Å². The second-order valence-electron chi connectivity index (χ2n) is 6.25. The van der Waals surface area contributed by atoms with E-state index in [1.54, 1.807) is 5.57 Å². The molecule has 2 aliphatic heterocycles. The molecule has 0 amide bonds. The number of nitrogens with zero attached hydrogens (tertiary/aromatic N) is 1. The number of hydrogen-bond donors (Lipinski definition) is 0. The highest BCUT2D eigenvalue weighted by Gasteiger charge is 2.24. The molecule has 1 saturated carbocycles. The van der Waals surface area contributed by atoms with Gasteiger partial charge in [0.05, 0.1) is 5.70 Å². The largest absolute Gasteiger partial charge is 0.369 e. The molecule has 0 atom stereocenters. The third-order valence-corrected chi connectivity index (χ3v) is 4.91. The average molecular weight is 231 g/mol. The highest BCUT2D eigenvalue weighted by atomic mass is 15.1. The van der Waals surface area contributed by atoms with Crippen molar-refractivity contribution >= 4 is 0 Å². The van der Waals surface area contributed by atoms with Crippen LogP contribution in [0.5, 0.6) is 0 Å². The van der Waals surface area contributed by atoms with Crippen LogP contribution in [0.1, 0.15) is 58.3 Å². The molecule has 0 spiro atoms. The molecule has 1 aliphatic carbocycles. The van der Waals surface area contributed by atoms with Gasteiger partial charge in [0.1, 0.15) is 0 Å². The molecule has 0 aromatic heterocycles. The van der Waals surface area contributed by atoms with E-state index in [0.29, 0.717) is 0 Å². The Hall–Kier alpha value is -0.680. The average Bonchev–Trinajstić information content (AvgIpc) is 2.68. The SMILES string of the molecule is CC1CCC(C2=C=C3CCCN3CCC2)CC1. The van der Waals surface area contributed by atoms with E-state index in [0.717, 1.165) is 11.8 Å². The number of rotatable bonds is 1. The highest BCUT2D eigenvalue weighted by Crippen LogP contribution is 2.36. The van der Waals surface area contributed by atoms with Gasteiger partial charge in [-0.15, -0.1) is 5.73 Å². The van der Waals surface area contributed by atoms with Gasteiger partial charge >= 0.3 is 0 Å². The van der Waals surface area contributed by atoms with Crippen molar-refractivity contribution in [2.75, 3.05) is 13.1 Å². The summed E-state index contributed by atoms with van der Waals surface area (Å²) in [6, 6.07) is 0. The standard InChI is InChI=1S/C16H25N/c1-13-6-8-14(9-7-13)15-4-2-10-17-11-3-5-16(17)12-15/h13-14H,2-11H2,1H3. The van der Waals surface area contributed by atoms with Crippen LogP contribution >= 0.6 is 0 Å². The van der Waals surface area contributed by atoms with Crippen molar-refractivity contribution < 1.29 is 0 Å². The zero-order chi connectivity index (χ0) is 11.7. The van der Waals surface area contributed by atoms with Crippen LogP contribution in [0.3, 0.4) is 0 Å². The summed E-state index contributed by atoms with van der Waals surface area (Å²) in [4.78, 5) is 2.58. The smallest absolute Gasteiger partial charge is 0.0564 e. The molecule has 1 nitrogen and oxygen atoms in total. The monoisotopic (exact) mass is 231 g/mol. The first-order chi connectivity index (χ1) is 8.33. The molecular formula is C16H25N. The van der Waals surface area contributed by atoms with Crippen LogP contribution in [-0.4, -0.2) is 18.0 Å². The van der Waals surface area contributed by atoms with Crippen LogP contribution in [0.25, 0.3) is 0 Å². The normalized spacial score (nSPS) is 33.8. The van der Waals surface area contributed by atoms with E-state index >= 15 is 0 Å². The maximum Gasteiger partial charge on any atom is 0.0564 e. The Labute approximate surface area is 106 Å². The predicted molar refractivity (Wildman–Crippen MR) is 71.7 cm³/mol. The van der Waals surface area contributed by atoms with E-state index in [9.17, 15) is 0 Å². The van der Waals surface area contributed by atoms with Gasteiger partial charge in [0, 0.05) is 13.1 Å². The Balaban J connectivity index is 1.79. The fourth-order valence-corrected chi connectivity index (χ4v) is 3.74. The van der Waals surface area contributed by atoms with E-state index in [-0.39, 0.29) is 0 Å². The molecule has 0 aromatic carbocycles. The van der Waals surface area contributed by atoms with E-state index in [1.165, 1.54) is 70.2 Å². The van der Waals surface area contributed by atoms with Crippen molar-refractivity contribution in [3.63, 3.8) is 0 Å². The van der Waals surface area contributed by atoms with Gasteiger partial charge in [0.25, 0.3) is 0 Å². The Morgan fingerprint density at radius 1 is 1.00 bits per heavy atom. The fraction of sp³-hybridized carbons (Fsp3) is 0.812. The minimum Gasteiger partial charge on any atom is -0.369 e. The minimum absolute atomic E-state index is 0.874. The zero-order valence-electron chi connectivity index (χ0n) is 11.2. The third kappa shape index (κ3) is 2.45. The maximum atomic E-state index is 3.82. The summed E-state index contributed by atoms with van der Waals surface area (Å²) in [5.74, 6) is 1.84. The van der Waals surface area contributed by atoms with Gasteiger partial charge in [-0.2, -0.15) is 0 Å². The second kappa shape index (κ2) is 4.90. The first-order valence-electron chi connectivity index (χ1n) is 7.56. The van der Waals surface area contributed by atoms with E-state index in [4.69, 9.17) is 0 Å². The highest BCUT2D eigenvalue weighted by molar-refractivity contribution is 5.16. The molecule has 0 radical (unpaired) electrons. The second-order valence-corrected chi connectivity index (χ2v) is 6.25. The molecule has 3 aliphatic rings. The van der Waals surface area contributed by atoms with Crippen LogP contribution in [0.15, 0.2) is 17.0 Å². The maximum absolute atomic E-state index is 3.82. The lowest BCUT2D eigenvalue weighted by Crippen LogP contribution is -2.17. The minimum atomic E-state index is 0.874. The lowest BCUT2D eigenvalue weighted by molar-refractivity contribution is 0.314. The molecule has 0 N–H and O–H groups in total. The summed E-state index contributed by atoms with van der Waals surface area (Å²) >= 11 is 0. The van der Waals surface area contributed by atoms with E-state index in [1.807, 2.05) is 0 Å². The third-order valence-electron chi connectivity index (χ3n) is 4.91. The zero-order valence-corrected chi connectivity index (χ0v) is 11.2. The van der Waals surface area contributed by atoms with E-state index < -0.39 is 0 Å². The predicted octanol–water partition coefficient (Wildman–Crippen LogP) is 4.11. The molecule has 17 heavy (non-hydrogen) atoms. The number of fused-ring (bicyclic) bond motifs is 1. The Morgan fingerprint density at radius 2 is 1.71 bits per heavy atom. The molecule has 0 aromatic rings. The summed E-state index contributed by atoms with van der Waals surface area (Å²) in [7, 11) is 0. The van der Waals surface area contributed by atoms with E-state index in [2.05, 4.69) is 17.6 Å². The van der Waals surface area contributed by atoms with Gasteiger partial charge in [-0.1, -0.05) is 19.8 Å². The van der Waals surface area contributed by atoms with Gasteiger partial charge < -0.3 is 4.90 Å². The lowest BCUT2D eigenvalue weighted by Gasteiger charge is -2.27. The molecule has 0 bridgehead atoms. The van der Waals surface area contributed by atoms with Crippen molar-refractivity contribution in [2.24, 2.45) is 11.8 Å². The molecule has 2 fully saturated rings. The van der Waals surface area contributed by atoms with Crippen LogP contribution in [0.2, 0.25) is 0 Å². The molecule has 1 saturated heterocycles. The summed E-state index contributed by atoms with van der Waals surface area (Å²) in [5.41, 5.74) is 7.04. The molecule has 94 valence electrons. The topological polar surface area (TPSA) is 3.24 Å². The fourth-order valence-electron chi connectivity index (χ4n) is 3.74. The molecule has 3 rings (SSSR count). The number of hydrogen-bond acceptors (Lipinski definition) is 1. The van der Waals surface area contributed by atoms with Crippen LogP contribution in [0.4, 0.5) is 0 Å². The quantitative estimate of drug-likeness (QED) is 0.614. The Morgan fingerprint density at radius 3 is 2.47 bits per heavy atom. The van der Waals surface area contributed by atoms with Crippen molar-refractivity contribution in [3.8, 4) is 0 Å². The Bertz CT molecular complexity index is 341. The molecule has 1 heteroatoms. The lowest BCUT2D eigenvalue weighted by atomic mass is 9.78. The van der Waals surface area contributed by atoms with Crippen LogP contribution in [-0.2, 0) is 0 Å². The summed E-state index contributed by atoms with van der Waals surface area (Å²) in [5, 5.41) is 0. The molecule has 0 unspecified atom stereocenters. The van der Waals surface area contributed by atoms with Crippen LogP contribution in [0, 0.1) is 11.8 Å². The van der Waals surface area contributed by atoms with Gasteiger partial charge in [0.15, 0.2) is 0 Å². The van der Waals surface area contributed by atoms with Gasteiger partial charge in [-0.05, 0) is 55.9 Å². The van der Waals surface area contributed by atoms with Gasteiger partial charge in [-0.3, -0.25) is 0 Å². The first kappa shape index (κ1) is 11.4. The molecule has 2 heterocycles. The van der Waals surface area contributed by atoms with Gasteiger partial charge in [0.2, 0.25) is 0 Å². The van der Waals surface area contributed by atoms with Crippen molar-refractivity contribution in [3.05, 3.63) is 17.0 Å². The first-order valence-corrected chi connectivity index (χ1v) is 7.56. The van der Waals surface area contributed by atoms with Crippen molar-refractivity contribution in [1.29, 1.82) is 0 Å². The Kier molecular flexibility index (Phi) is 3.29. The summed E-state index contributed by atoms with van der Waals surface area (Å²) in [6.07, 6.45) is 11.1. The summed E-state index contributed by atoms with van der Waals surface area (Å²) in [6.45, 7) is 4.99. The van der Waals surface area contributed by atoms with Crippen molar-refractivity contribution in [2.45, 2.75) is 58.3 Å². The van der Waals surface area contributed by atoms with Crippen molar-refractivity contribution in [1.82, 2.24) is 4.90 Å².